The van der Waals surface area contributed by atoms with Gasteiger partial charge < -0.3 is 10.4 Å². The normalized spacial score (nSPS) is 14.0. The van der Waals surface area contributed by atoms with Crippen molar-refractivity contribution >= 4 is 11.5 Å². The zero-order valence-electron chi connectivity index (χ0n) is 10.9. The molecule has 0 radical (unpaired) electrons. The molecule has 2 N–H and O–H groups in total. The van der Waals surface area contributed by atoms with Gasteiger partial charge in [0.2, 0.25) is 0 Å². The molecule has 1 rings (SSSR count). The molecule has 18 heavy (non-hydrogen) atoms. The number of aryl methyl sites for hydroxylation is 1. The number of aromatic nitrogens is 1. The van der Waals surface area contributed by atoms with E-state index in [0.29, 0.717) is 17.9 Å². The number of nitrogens with one attached hydrogen (secondary N) is 1. The van der Waals surface area contributed by atoms with Crippen molar-refractivity contribution in [2.45, 2.75) is 39.2 Å². The average molecular weight is 253 g/mol. The summed E-state index contributed by atoms with van der Waals surface area (Å²) in [7, 11) is 0. The first kappa shape index (κ1) is 14.4. The Bertz CT molecular complexity index is 437. The average Bonchev–Trinajstić information content (AvgIpc) is 2.28. The van der Waals surface area contributed by atoms with E-state index in [1.807, 2.05) is 13.8 Å². The van der Waals surface area contributed by atoms with Gasteiger partial charge in [0.05, 0.1) is 4.92 Å². The lowest BCUT2D eigenvalue weighted by atomic mass is 9.95. The van der Waals surface area contributed by atoms with Crippen LogP contribution in [-0.4, -0.2) is 27.2 Å². The number of nitro groups is 1. The van der Waals surface area contributed by atoms with Gasteiger partial charge in [0, 0.05) is 18.2 Å². The quantitative estimate of drug-likeness (QED) is 0.599. The highest BCUT2D eigenvalue weighted by Gasteiger charge is 2.22. The monoisotopic (exact) mass is 253 g/mol. The van der Waals surface area contributed by atoms with Crippen molar-refractivity contribution < 1.29 is 10.0 Å². The minimum absolute atomic E-state index is 0.0147. The number of aliphatic hydroxyl groups excluding tert-OH is 1. The summed E-state index contributed by atoms with van der Waals surface area (Å²) in [6, 6.07) is 3.04. The van der Waals surface area contributed by atoms with Gasteiger partial charge in [0.15, 0.2) is 0 Å². The summed E-state index contributed by atoms with van der Waals surface area (Å²) in [5, 5.41) is 22.9. The van der Waals surface area contributed by atoms with Gasteiger partial charge in [-0.15, -0.1) is 0 Å². The number of rotatable bonds is 6. The van der Waals surface area contributed by atoms with Crippen molar-refractivity contribution in [1.82, 2.24) is 4.98 Å². The highest BCUT2D eigenvalue weighted by Crippen LogP contribution is 2.23. The van der Waals surface area contributed by atoms with Crippen LogP contribution in [0.4, 0.5) is 11.5 Å². The minimum Gasteiger partial charge on any atom is -0.396 e. The van der Waals surface area contributed by atoms with Gasteiger partial charge in [-0.1, -0.05) is 6.92 Å². The van der Waals surface area contributed by atoms with Crippen molar-refractivity contribution in [3.05, 3.63) is 27.9 Å². The zero-order chi connectivity index (χ0) is 13.8. The Labute approximate surface area is 106 Å². The standard InChI is InChI=1S/C12H19N3O3/c1-4-12(3,7-8-16)14-11-6-5-10(15(17)18)9(2)13-11/h5-6,16H,4,7-8H2,1-3H3,(H,13,14). The second kappa shape index (κ2) is 5.77. The predicted octanol–water partition coefficient (Wildman–Crippen LogP) is 2.26. The van der Waals surface area contributed by atoms with E-state index in [1.54, 1.807) is 13.0 Å². The van der Waals surface area contributed by atoms with Crippen LogP contribution < -0.4 is 5.32 Å². The maximum Gasteiger partial charge on any atom is 0.290 e. The van der Waals surface area contributed by atoms with E-state index in [9.17, 15) is 10.1 Å². The molecule has 1 atom stereocenters. The molecule has 0 bridgehead atoms. The fourth-order valence-electron chi connectivity index (χ4n) is 1.70. The van der Waals surface area contributed by atoms with Crippen LogP contribution in [0.25, 0.3) is 0 Å². The molecule has 0 spiro atoms. The summed E-state index contributed by atoms with van der Waals surface area (Å²) in [6.07, 6.45) is 1.42. The Morgan fingerprint density at radius 2 is 2.22 bits per heavy atom. The Kier molecular flexibility index (Phi) is 4.61. The number of hydrogen-bond acceptors (Lipinski definition) is 5. The van der Waals surface area contributed by atoms with E-state index >= 15 is 0 Å². The number of nitrogens with zero attached hydrogens (tertiary/aromatic N) is 2. The lowest BCUT2D eigenvalue weighted by molar-refractivity contribution is -0.385. The minimum atomic E-state index is -0.446. The third-order valence-electron chi connectivity index (χ3n) is 3.13. The number of anilines is 1. The summed E-state index contributed by atoms with van der Waals surface area (Å²) in [4.78, 5) is 14.4. The SMILES string of the molecule is CCC(C)(CCO)Nc1ccc([N+](=O)[O-])c(C)n1. The van der Waals surface area contributed by atoms with Crippen molar-refractivity contribution in [2.24, 2.45) is 0 Å². The van der Waals surface area contributed by atoms with Gasteiger partial charge in [-0.3, -0.25) is 10.1 Å². The molecule has 0 fully saturated rings. The predicted molar refractivity (Wildman–Crippen MR) is 69.6 cm³/mol. The third kappa shape index (κ3) is 3.40. The van der Waals surface area contributed by atoms with Crippen LogP contribution >= 0.6 is 0 Å². The number of hydrogen-bond donors (Lipinski definition) is 2. The second-order valence-corrected chi connectivity index (χ2v) is 4.57. The van der Waals surface area contributed by atoms with Crippen LogP contribution in [0.15, 0.2) is 12.1 Å². The molecule has 0 saturated heterocycles. The van der Waals surface area contributed by atoms with Crippen molar-refractivity contribution in [3.8, 4) is 0 Å². The summed E-state index contributed by atoms with van der Waals surface area (Å²) in [6.45, 7) is 5.70. The van der Waals surface area contributed by atoms with Gasteiger partial charge >= 0.3 is 0 Å². The lowest BCUT2D eigenvalue weighted by Gasteiger charge is -2.29. The van der Waals surface area contributed by atoms with Crippen molar-refractivity contribution in [3.63, 3.8) is 0 Å². The van der Waals surface area contributed by atoms with Crippen LogP contribution in [0.1, 0.15) is 32.4 Å². The van der Waals surface area contributed by atoms with Gasteiger partial charge in [-0.2, -0.15) is 0 Å². The smallest absolute Gasteiger partial charge is 0.290 e. The van der Waals surface area contributed by atoms with E-state index < -0.39 is 4.92 Å². The van der Waals surface area contributed by atoms with Crippen molar-refractivity contribution in [1.29, 1.82) is 0 Å². The fraction of sp³-hybridized carbons (Fsp3) is 0.583. The highest BCUT2D eigenvalue weighted by molar-refractivity contribution is 5.46. The van der Waals surface area contributed by atoms with Gasteiger partial charge in [-0.25, -0.2) is 4.98 Å². The molecule has 0 aliphatic carbocycles. The number of pyridine rings is 1. The lowest BCUT2D eigenvalue weighted by Crippen LogP contribution is -2.35. The molecule has 0 saturated carbocycles. The maximum atomic E-state index is 10.7. The van der Waals surface area contributed by atoms with Gasteiger partial charge in [0.1, 0.15) is 11.5 Å². The van der Waals surface area contributed by atoms with E-state index in [4.69, 9.17) is 5.11 Å². The van der Waals surface area contributed by atoms with Crippen molar-refractivity contribution in [2.75, 3.05) is 11.9 Å². The first-order chi connectivity index (χ1) is 8.41. The summed E-state index contributed by atoms with van der Waals surface area (Å²) < 4.78 is 0. The molecule has 1 heterocycles. The van der Waals surface area contributed by atoms with Crippen LogP contribution in [0, 0.1) is 17.0 Å². The first-order valence-corrected chi connectivity index (χ1v) is 5.93. The van der Waals surface area contributed by atoms with E-state index in [1.165, 1.54) is 6.07 Å². The summed E-state index contributed by atoms with van der Waals surface area (Å²) >= 11 is 0. The summed E-state index contributed by atoms with van der Waals surface area (Å²) in [5.41, 5.74) is 0.137. The summed E-state index contributed by atoms with van der Waals surface area (Å²) in [5.74, 6) is 0.593. The highest BCUT2D eigenvalue weighted by atomic mass is 16.6. The Balaban J connectivity index is 2.92. The molecule has 6 nitrogen and oxygen atoms in total. The number of aliphatic hydroxyl groups is 1. The first-order valence-electron chi connectivity index (χ1n) is 5.93. The topological polar surface area (TPSA) is 88.3 Å². The molecule has 100 valence electrons. The molecular weight excluding hydrogens is 234 g/mol. The van der Waals surface area contributed by atoms with E-state index in [0.717, 1.165) is 6.42 Å². The Morgan fingerprint density at radius 1 is 1.56 bits per heavy atom. The van der Waals surface area contributed by atoms with E-state index in [2.05, 4.69) is 10.3 Å². The van der Waals surface area contributed by atoms with Crippen LogP contribution in [0.5, 0.6) is 0 Å². The molecule has 1 aromatic heterocycles. The molecule has 0 aromatic carbocycles. The molecule has 0 aliphatic heterocycles. The van der Waals surface area contributed by atoms with Gasteiger partial charge in [0.25, 0.3) is 5.69 Å². The molecule has 1 unspecified atom stereocenters. The fourth-order valence-corrected chi connectivity index (χ4v) is 1.70. The Morgan fingerprint density at radius 3 is 2.67 bits per heavy atom. The van der Waals surface area contributed by atoms with Crippen LogP contribution in [0.2, 0.25) is 0 Å². The van der Waals surface area contributed by atoms with Crippen LogP contribution in [-0.2, 0) is 0 Å². The van der Waals surface area contributed by atoms with E-state index in [-0.39, 0.29) is 17.8 Å². The Hall–Kier alpha value is -1.69. The molecule has 0 aliphatic rings. The zero-order valence-corrected chi connectivity index (χ0v) is 10.9. The van der Waals surface area contributed by atoms with Crippen LogP contribution in [0.3, 0.4) is 0 Å². The molecule has 1 aromatic rings. The second-order valence-electron chi connectivity index (χ2n) is 4.57. The van der Waals surface area contributed by atoms with Gasteiger partial charge in [-0.05, 0) is 32.8 Å². The molecule has 6 heteroatoms. The largest absolute Gasteiger partial charge is 0.396 e. The maximum absolute atomic E-state index is 10.7. The molecular formula is C12H19N3O3. The molecule has 0 amide bonds. The third-order valence-corrected chi connectivity index (χ3v) is 3.13.